The van der Waals surface area contributed by atoms with E-state index in [4.69, 9.17) is 13.9 Å². The lowest BCUT2D eigenvalue weighted by atomic mass is 10.1. The Bertz CT molecular complexity index is 1100. The Morgan fingerprint density at radius 2 is 2.06 bits per heavy atom. The van der Waals surface area contributed by atoms with Crippen LogP contribution >= 0.6 is 15.9 Å². The maximum absolute atomic E-state index is 13.4. The number of hydrogen-bond donors (Lipinski definition) is 1. The summed E-state index contributed by atoms with van der Waals surface area (Å²) in [6.45, 7) is 2.43. The number of nitrogens with one attached hydrogen (secondary N) is 1. The van der Waals surface area contributed by atoms with Crippen molar-refractivity contribution < 1.29 is 23.5 Å². The molecule has 0 fully saturated rings. The highest BCUT2D eigenvalue weighted by Gasteiger charge is 2.38. The van der Waals surface area contributed by atoms with Crippen LogP contribution in [0.3, 0.4) is 0 Å². The molecule has 0 saturated heterocycles. The molecule has 0 spiro atoms. The summed E-state index contributed by atoms with van der Waals surface area (Å²) in [4.78, 5) is 28.0. The zero-order valence-corrected chi connectivity index (χ0v) is 18.8. The Hall–Kier alpha value is -2.84. The Kier molecular flexibility index (Phi) is 6.29. The van der Waals surface area contributed by atoms with Gasteiger partial charge >= 0.3 is 0 Å². The van der Waals surface area contributed by atoms with E-state index in [1.165, 1.54) is 4.90 Å². The molecule has 1 aliphatic heterocycles. The molecule has 0 bridgehead atoms. The van der Waals surface area contributed by atoms with Crippen LogP contribution in [0.15, 0.2) is 57.4 Å². The van der Waals surface area contributed by atoms with Crippen LogP contribution in [0.2, 0.25) is 0 Å². The number of ether oxygens (including phenoxy) is 2. The van der Waals surface area contributed by atoms with Crippen LogP contribution in [0, 0.1) is 0 Å². The van der Waals surface area contributed by atoms with E-state index in [9.17, 15) is 9.59 Å². The second-order valence-electron chi connectivity index (χ2n) is 7.36. The van der Waals surface area contributed by atoms with E-state index in [1.807, 2.05) is 49.4 Å². The standard InChI is InChI=1S/C23H23BrN2O5/c1-14(15-6-4-3-5-7-15)25-22(27)18-13-30-20-17-9-8-16(24)12-19(17)31-21(20)23(28)26(18)10-11-29-2/h3-9,12,14,18H,10-11,13H2,1-2H3,(H,25,27)/t14?,18-/m0/s1. The van der Waals surface area contributed by atoms with Gasteiger partial charge in [-0.2, -0.15) is 0 Å². The van der Waals surface area contributed by atoms with Crippen molar-refractivity contribution in [1.82, 2.24) is 10.2 Å². The van der Waals surface area contributed by atoms with Crippen LogP contribution in [-0.2, 0) is 9.53 Å². The van der Waals surface area contributed by atoms with Crippen LogP contribution in [-0.4, -0.2) is 49.6 Å². The molecule has 0 aliphatic carbocycles. The highest BCUT2D eigenvalue weighted by atomic mass is 79.9. The van der Waals surface area contributed by atoms with Gasteiger partial charge in [-0.3, -0.25) is 9.59 Å². The number of amides is 2. The van der Waals surface area contributed by atoms with Crippen molar-refractivity contribution in [3.05, 3.63) is 64.3 Å². The minimum absolute atomic E-state index is 0.0144. The van der Waals surface area contributed by atoms with Crippen LogP contribution in [0.25, 0.3) is 11.0 Å². The van der Waals surface area contributed by atoms with Gasteiger partial charge in [0.25, 0.3) is 5.91 Å². The molecule has 2 heterocycles. The Balaban J connectivity index is 1.63. The molecule has 8 heteroatoms. The summed E-state index contributed by atoms with van der Waals surface area (Å²) < 4.78 is 17.8. The molecule has 2 amide bonds. The number of fused-ring (bicyclic) bond motifs is 3. The molecule has 162 valence electrons. The number of methoxy groups -OCH3 is 1. The van der Waals surface area contributed by atoms with E-state index in [2.05, 4.69) is 21.2 Å². The smallest absolute Gasteiger partial charge is 0.294 e. The SMILES string of the molecule is COCCN1C(=O)c2oc3cc(Br)ccc3c2OC[C@H]1C(=O)NC(C)c1ccccc1. The Morgan fingerprint density at radius 1 is 1.29 bits per heavy atom. The first-order chi connectivity index (χ1) is 15.0. The van der Waals surface area contributed by atoms with Crippen molar-refractivity contribution in [2.24, 2.45) is 0 Å². The first kappa shape index (κ1) is 21.4. The molecule has 1 aliphatic rings. The van der Waals surface area contributed by atoms with Crippen molar-refractivity contribution in [3.8, 4) is 5.75 Å². The van der Waals surface area contributed by atoms with Crippen molar-refractivity contribution in [2.45, 2.75) is 19.0 Å². The number of nitrogens with zero attached hydrogens (tertiary/aromatic N) is 1. The minimum atomic E-state index is -0.818. The van der Waals surface area contributed by atoms with Gasteiger partial charge < -0.3 is 24.1 Å². The lowest BCUT2D eigenvalue weighted by Crippen LogP contribution is -2.52. The summed E-state index contributed by atoms with van der Waals surface area (Å²) in [5, 5.41) is 3.69. The first-order valence-electron chi connectivity index (χ1n) is 9.99. The van der Waals surface area contributed by atoms with E-state index in [1.54, 1.807) is 13.2 Å². The van der Waals surface area contributed by atoms with E-state index in [0.717, 1.165) is 10.0 Å². The third-order valence-corrected chi connectivity index (χ3v) is 5.81. The first-order valence-corrected chi connectivity index (χ1v) is 10.8. The summed E-state index contributed by atoms with van der Waals surface area (Å²) in [7, 11) is 1.55. The van der Waals surface area contributed by atoms with E-state index in [-0.39, 0.29) is 37.5 Å². The van der Waals surface area contributed by atoms with Crippen molar-refractivity contribution >= 4 is 38.7 Å². The van der Waals surface area contributed by atoms with Gasteiger partial charge in [0, 0.05) is 18.1 Å². The average molecular weight is 487 g/mol. The molecular weight excluding hydrogens is 464 g/mol. The van der Waals surface area contributed by atoms with Gasteiger partial charge in [-0.25, -0.2) is 0 Å². The molecule has 1 N–H and O–H groups in total. The van der Waals surface area contributed by atoms with Crippen LogP contribution in [0.5, 0.6) is 5.75 Å². The molecule has 0 radical (unpaired) electrons. The molecule has 0 saturated carbocycles. The zero-order valence-electron chi connectivity index (χ0n) is 17.3. The predicted molar refractivity (Wildman–Crippen MR) is 119 cm³/mol. The fraction of sp³-hybridized carbons (Fsp3) is 0.304. The van der Waals surface area contributed by atoms with Crippen LogP contribution in [0.4, 0.5) is 0 Å². The number of carbonyl (C=O) groups is 2. The third kappa shape index (κ3) is 4.31. The molecule has 1 aromatic heterocycles. The number of carbonyl (C=O) groups excluding carboxylic acids is 2. The van der Waals surface area contributed by atoms with Gasteiger partial charge in [-0.1, -0.05) is 46.3 Å². The summed E-state index contributed by atoms with van der Waals surface area (Å²) in [6, 6.07) is 14.1. The maximum atomic E-state index is 13.4. The average Bonchev–Trinajstić information content (AvgIpc) is 3.06. The molecule has 3 aromatic rings. The third-order valence-electron chi connectivity index (χ3n) is 5.32. The van der Waals surface area contributed by atoms with Gasteiger partial charge in [-0.05, 0) is 30.7 Å². The highest BCUT2D eigenvalue weighted by molar-refractivity contribution is 9.10. The second kappa shape index (κ2) is 9.11. The number of hydrogen-bond acceptors (Lipinski definition) is 5. The molecule has 1 unspecified atom stereocenters. The Labute approximate surface area is 188 Å². The van der Waals surface area contributed by atoms with Gasteiger partial charge in [-0.15, -0.1) is 0 Å². The van der Waals surface area contributed by atoms with E-state index < -0.39 is 11.9 Å². The summed E-state index contributed by atoms with van der Waals surface area (Å²) in [5.74, 6) is -0.237. The molecule has 2 atom stereocenters. The van der Waals surface area contributed by atoms with Crippen molar-refractivity contribution in [2.75, 3.05) is 26.9 Å². The number of furan rings is 1. The summed E-state index contributed by atoms with van der Waals surface area (Å²) >= 11 is 3.41. The summed E-state index contributed by atoms with van der Waals surface area (Å²) in [5.41, 5.74) is 1.52. The second-order valence-corrected chi connectivity index (χ2v) is 8.28. The van der Waals surface area contributed by atoms with Gasteiger partial charge in [0.05, 0.1) is 18.0 Å². The fourth-order valence-electron chi connectivity index (χ4n) is 3.65. The molecule has 2 aromatic carbocycles. The number of halogens is 1. The fourth-order valence-corrected chi connectivity index (χ4v) is 3.99. The minimum Gasteiger partial charge on any atom is -0.486 e. The van der Waals surface area contributed by atoms with Gasteiger partial charge in [0.15, 0.2) is 5.75 Å². The monoisotopic (exact) mass is 486 g/mol. The zero-order chi connectivity index (χ0) is 22.0. The number of rotatable bonds is 6. The molecular formula is C23H23BrN2O5. The summed E-state index contributed by atoms with van der Waals surface area (Å²) in [6.07, 6.45) is 0. The Morgan fingerprint density at radius 3 is 2.81 bits per heavy atom. The van der Waals surface area contributed by atoms with Crippen LogP contribution in [0.1, 0.15) is 29.1 Å². The predicted octanol–water partition coefficient (Wildman–Crippen LogP) is 3.92. The van der Waals surface area contributed by atoms with Crippen molar-refractivity contribution in [3.63, 3.8) is 0 Å². The lowest BCUT2D eigenvalue weighted by molar-refractivity contribution is -0.127. The molecule has 31 heavy (non-hydrogen) atoms. The van der Waals surface area contributed by atoms with Gasteiger partial charge in [0.2, 0.25) is 11.7 Å². The van der Waals surface area contributed by atoms with Crippen LogP contribution < -0.4 is 10.1 Å². The quantitative estimate of drug-likeness (QED) is 0.570. The topological polar surface area (TPSA) is 81.0 Å². The molecule has 4 rings (SSSR count). The largest absolute Gasteiger partial charge is 0.486 e. The van der Waals surface area contributed by atoms with E-state index >= 15 is 0 Å². The normalized spacial score (nSPS) is 17.1. The number of benzene rings is 2. The van der Waals surface area contributed by atoms with E-state index in [0.29, 0.717) is 16.7 Å². The highest BCUT2D eigenvalue weighted by Crippen LogP contribution is 2.37. The van der Waals surface area contributed by atoms with Crippen molar-refractivity contribution in [1.29, 1.82) is 0 Å². The maximum Gasteiger partial charge on any atom is 0.294 e. The molecule has 7 nitrogen and oxygen atoms in total. The van der Waals surface area contributed by atoms with Gasteiger partial charge in [0.1, 0.15) is 18.2 Å². The lowest BCUT2D eigenvalue weighted by Gasteiger charge is -2.29.